The number of hydrogen-bond donors (Lipinski definition) is 1. The van der Waals surface area contributed by atoms with Crippen LogP contribution in [0.1, 0.15) is 17.0 Å². The van der Waals surface area contributed by atoms with Gasteiger partial charge in [0.25, 0.3) is 0 Å². The third-order valence-electron chi connectivity index (χ3n) is 4.22. The summed E-state index contributed by atoms with van der Waals surface area (Å²) >= 11 is 1.66. The van der Waals surface area contributed by atoms with Gasteiger partial charge in [-0.3, -0.25) is 9.69 Å². The van der Waals surface area contributed by atoms with Crippen LogP contribution in [0.3, 0.4) is 0 Å². The summed E-state index contributed by atoms with van der Waals surface area (Å²) in [6.07, 6.45) is 2.84. The number of carbonyl (C=O) groups is 1. The molecule has 134 valence electrons. The maximum Gasteiger partial charge on any atom is 0.224 e. The topological polar surface area (TPSA) is 54.5 Å². The van der Waals surface area contributed by atoms with Gasteiger partial charge in [-0.1, -0.05) is 12.1 Å². The zero-order chi connectivity index (χ0) is 17.5. The molecule has 1 amide bonds. The van der Waals surface area contributed by atoms with Crippen molar-refractivity contribution in [3.8, 4) is 0 Å². The summed E-state index contributed by atoms with van der Waals surface area (Å²) in [5.41, 5.74) is 0.684. The molecule has 1 aliphatic heterocycles. The quantitative estimate of drug-likeness (QED) is 0.820. The number of morpholine rings is 1. The van der Waals surface area contributed by atoms with E-state index in [0.29, 0.717) is 18.7 Å². The van der Waals surface area contributed by atoms with Crippen LogP contribution >= 0.6 is 11.3 Å². The van der Waals surface area contributed by atoms with Crippen LogP contribution in [0.2, 0.25) is 0 Å². The monoisotopic (exact) mass is 363 g/mol. The number of nitrogens with zero attached hydrogens (tertiary/aromatic N) is 2. The third-order valence-corrected chi connectivity index (χ3v) is 4.99. The number of hydrogen-bond acceptors (Lipinski definition) is 5. The molecule has 2 heterocycles. The van der Waals surface area contributed by atoms with Crippen LogP contribution in [-0.2, 0) is 22.5 Å². The Morgan fingerprint density at radius 2 is 2.40 bits per heavy atom. The minimum atomic E-state index is -0.317. The fraction of sp³-hybridized carbons (Fsp3) is 0.444. The third kappa shape index (κ3) is 5.59. The van der Waals surface area contributed by atoms with Crippen LogP contribution in [0.5, 0.6) is 0 Å². The molecule has 1 fully saturated rings. The van der Waals surface area contributed by atoms with E-state index in [0.717, 1.165) is 31.1 Å². The van der Waals surface area contributed by atoms with Gasteiger partial charge in [0.15, 0.2) is 0 Å². The molecule has 2 aromatic rings. The maximum absolute atomic E-state index is 13.2. The second-order valence-electron chi connectivity index (χ2n) is 6.07. The Kier molecular flexibility index (Phi) is 6.49. The van der Waals surface area contributed by atoms with E-state index in [1.165, 1.54) is 12.1 Å². The van der Waals surface area contributed by atoms with Crippen LogP contribution in [0.15, 0.2) is 35.8 Å². The Hall–Kier alpha value is -1.83. The molecule has 1 unspecified atom stereocenters. The number of thiazole rings is 1. The van der Waals surface area contributed by atoms with Crippen LogP contribution in [0.25, 0.3) is 0 Å². The van der Waals surface area contributed by atoms with Crippen LogP contribution in [0, 0.1) is 5.82 Å². The van der Waals surface area contributed by atoms with Crippen LogP contribution in [0.4, 0.5) is 4.39 Å². The van der Waals surface area contributed by atoms with E-state index < -0.39 is 0 Å². The van der Waals surface area contributed by atoms with Gasteiger partial charge in [-0.25, -0.2) is 9.37 Å². The second-order valence-corrected chi connectivity index (χ2v) is 7.05. The van der Waals surface area contributed by atoms with Crippen molar-refractivity contribution in [2.24, 2.45) is 0 Å². The molecular formula is C18H22FN3O2S. The van der Waals surface area contributed by atoms with Crippen molar-refractivity contribution in [1.29, 1.82) is 0 Å². The zero-order valence-corrected chi connectivity index (χ0v) is 14.8. The van der Waals surface area contributed by atoms with Crippen molar-refractivity contribution in [3.63, 3.8) is 0 Å². The molecule has 1 atom stereocenters. The van der Waals surface area contributed by atoms with Gasteiger partial charge >= 0.3 is 0 Å². The molecule has 5 nitrogen and oxygen atoms in total. The van der Waals surface area contributed by atoms with Crippen molar-refractivity contribution in [3.05, 3.63) is 52.2 Å². The van der Waals surface area contributed by atoms with Crippen LogP contribution in [-0.4, -0.2) is 48.1 Å². The molecule has 1 N–H and O–H groups in total. The van der Waals surface area contributed by atoms with Crippen molar-refractivity contribution < 1.29 is 13.9 Å². The van der Waals surface area contributed by atoms with E-state index in [-0.39, 0.29) is 24.2 Å². The van der Waals surface area contributed by atoms with E-state index in [4.69, 9.17) is 4.74 Å². The average molecular weight is 363 g/mol. The van der Waals surface area contributed by atoms with Crippen molar-refractivity contribution in [2.45, 2.75) is 25.4 Å². The number of nitrogens with one attached hydrogen (secondary N) is 1. The van der Waals surface area contributed by atoms with Crippen molar-refractivity contribution in [2.75, 3.05) is 26.3 Å². The molecule has 25 heavy (non-hydrogen) atoms. The Morgan fingerprint density at radius 3 is 3.20 bits per heavy atom. The predicted molar refractivity (Wildman–Crippen MR) is 94.9 cm³/mol. The minimum Gasteiger partial charge on any atom is -0.378 e. The summed E-state index contributed by atoms with van der Waals surface area (Å²) in [7, 11) is 0. The lowest BCUT2D eigenvalue weighted by Crippen LogP contribution is -2.46. The van der Waals surface area contributed by atoms with Gasteiger partial charge in [0, 0.05) is 30.7 Å². The molecule has 0 radical (unpaired) electrons. The average Bonchev–Trinajstić information content (AvgIpc) is 3.09. The Bertz CT molecular complexity index is 681. The number of aromatic nitrogens is 1. The lowest BCUT2D eigenvalue weighted by molar-refractivity contribution is -0.120. The fourth-order valence-corrected chi connectivity index (χ4v) is 3.58. The Balaban J connectivity index is 1.44. The van der Waals surface area contributed by atoms with Gasteiger partial charge in [0.1, 0.15) is 10.8 Å². The first-order chi connectivity index (χ1) is 12.2. The highest BCUT2D eigenvalue weighted by atomic mass is 32.1. The highest BCUT2D eigenvalue weighted by Gasteiger charge is 2.23. The Morgan fingerprint density at radius 1 is 1.48 bits per heavy atom. The lowest BCUT2D eigenvalue weighted by Gasteiger charge is -2.35. The zero-order valence-electron chi connectivity index (χ0n) is 14.0. The number of benzene rings is 1. The molecule has 0 saturated carbocycles. The lowest BCUT2D eigenvalue weighted by atomic mass is 10.1. The molecule has 0 aliphatic carbocycles. The van der Waals surface area contributed by atoms with Crippen molar-refractivity contribution >= 4 is 17.2 Å². The standard InChI is InChI=1S/C18H22FN3O2S/c19-15-3-1-2-14(10-15)11-17(23)20-5-4-16-13-24-8-7-22(16)12-18-21-6-9-25-18/h1-3,6,9-10,16H,4-5,7-8,11-13H2,(H,20,23). The highest BCUT2D eigenvalue weighted by molar-refractivity contribution is 7.09. The first kappa shape index (κ1) is 18.0. The summed E-state index contributed by atoms with van der Waals surface area (Å²) in [6.45, 7) is 3.68. The van der Waals surface area contributed by atoms with Gasteiger partial charge in [-0.05, 0) is 24.1 Å². The number of halogens is 1. The highest BCUT2D eigenvalue weighted by Crippen LogP contribution is 2.16. The maximum atomic E-state index is 13.2. The molecule has 0 spiro atoms. The van der Waals surface area contributed by atoms with Gasteiger partial charge in [0.05, 0.1) is 26.2 Å². The number of carbonyl (C=O) groups excluding carboxylic acids is 1. The first-order valence-corrected chi connectivity index (χ1v) is 9.30. The Labute approximate surface area is 150 Å². The van der Waals surface area contributed by atoms with Crippen LogP contribution < -0.4 is 5.32 Å². The smallest absolute Gasteiger partial charge is 0.224 e. The van der Waals surface area contributed by atoms with E-state index in [2.05, 4.69) is 15.2 Å². The molecular weight excluding hydrogens is 341 g/mol. The summed E-state index contributed by atoms with van der Waals surface area (Å²) in [5.74, 6) is -0.406. The molecule has 1 aliphatic rings. The predicted octanol–water partition coefficient (Wildman–Crippen LogP) is 2.23. The summed E-state index contributed by atoms with van der Waals surface area (Å²) in [4.78, 5) is 18.7. The molecule has 3 rings (SSSR count). The van der Waals surface area contributed by atoms with Gasteiger partial charge in [-0.2, -0.15) is 0 Å². The summed E-state index contributed by atoms with van der Waals surface area (Å²) < 4.78 is 18.7. The van der Waals surface area contributed by atoms with E-state index in [1.54, 1.807) is 23.5 Å². The van der Waals surface area contributed by atoms with Gasteiger partial charge in [-0.15, -0.1) is 11.3 Å². The van der Waals surface area contributed by atoms with Crippen molar-refractivity contribution in [1.82, 2.24) is 15.2 Å². The van der Waals surface area contributed by atoms with Gasteiger partial charge in [0.2, 0.25) is 5.91 Å². The molecule has 7 heteroatoms. The SMILES string of the molecule is O=C(Cc1cccc(F)c1)NCCC1COCCN1Cc1nccs1. The fourth-order valence-electron chi connectivity index (χ4n) is 2.94. The summed E-state index contributed by atoms with van der Waals surface area (Å²) in [5, 5.41) is 6.00. The molecule has 1 saturated heterocycles. The summed E-state index contributed by atoms with van der Waals surface area (Å²) in [6, 6.07) is 6.42. The van der Waals surface area contributed by atoms with E-state index in [1.807, 2.05) is 11.6 Å². The first-order valence-electron chi connectivity index (χ1n) is 8.42. The molecule has 1 aromatic heterocycles. The molecule has 1 aromatic carbocycles. The number of ether oxygens (including phenoxy) is 1. The molecule has 0 bridgehead atoms. The van der Waals surface area contributed by atoms with Gasteiger partial charge < -0.3 is 10.1 Å². The largest absolute Gasteiger partial charge is 0.378 e. The second kappa shape index (κ2) is 9.03. The van der Waals surface area contributed by atoms with E-state index in [9.17, 15) is 9.18 Å². The van der Waals surface area contributed by atoms with E-state index >= 15 is 0 Å². The number of rotatable bonds is 7. The minimum absolute atomic E-state index is 0.0891. The number of amides is 1. The normalized spacial score (nSPS) is 18.2.